The van der Waals surface area contributed by atoms with Crippen molar-refractivity contribution >= 4 is 33.6 Å². The van der Waals surface area contributed by atoms with Crippen LogP contribution in [-0.2, 0) is 10.1 Å². The second-order valence-corrected chi connectivity index (χ2v) is 7.92. The van der Waals surface area contributed by atoms with Gasteiger partial charge in [-0.1, -0.05) is 48.0 Å². The predicted molar refractivity (Wildman–Crippen MR) is 105 cm³/mol. The quantitative estimate of drug-likeness (QED) is 0.458. The van der Waals surface area contributed by atoms with Crippen molar-refractivity contribution < 1.29 is 22.1 Å². The number of fused-ring (bicyclic) bond motifs is 1. The van der Waals surface area contributed by atoms with Gasteiger partial charge in [0, 0.05) is 11.1 Å². The number of carbonyl (C=O) groups is 1. The van der Waals surface area contributed by atoms with Crippen LogP contribution in [0.2, 0.25) is 5.02 Å². The Kier molecular flexibility index (Phi) is 4.66. The molecular formula is C21H13ClO5S. The lowest BCUT2D eigenvalue weighted by Gasteiger charge is -2.07. The fourth-order valence-electron chi connectivity index (χ4n) is 2.71. The fourth-order valence-corrected chi connectivity index (χ4v) is 3.85. The maximum absolute atomic E-state index is 12.5. The van der Waals surface area contributed by atoms with Crippen molar-refractivity contribution in [3.63, 3.8) is 0 Å². The Balaban J connectivity index is 1.62. The van der Waals surface area contributed by atoms with Crippen molar-refractivity contribution in [3.05, 3.63) is 94.7 Å². The van der Waals surface area contributed by atoms with Crippen LogP contribution in [-0.4, -0.2) is 14.2 Å². The number of halogens is 1. The van der Waals surface area contributed by atoms with Crippen molar-refractivity contribution in [2.24, 2.45) is 0 Å². The third-order valence-corrected chi connectivity index (χ3v) is 5.68. The third-order valence-electron chi connectivity index (χ3n) is 4.07. The molecule has 4 rings (SSSR count). The largest absolute Gasteiger partial charge is 0.452 e. The lowest BCUT2D eigenvalue weighted by Crippen LogP contribution is -2.09. The van der Waals surface area contributed by atoms with Crippen LogP contribution in [0, 0.1) is 0 Å². The summed E-state index contributed by atoms with van der Waals surface area (Å²) in [7, 11) is -3.98. The van der Waals surface area contributed by atoms with Gasteiger partial charge in [0.1, 0.15) is 16.4 Å². The topological polar surface area (TPSA) is 69.7 Å². The number of allylic oxidation sites excluding steroid dienone is 1. The second-order valence-electron chi connectivity index (χ2n) is 5.97. The van der Waals surface area contributed by atoms with Crippen molar-refractivity contribution in [3.8, 4) is 11.5 Å². The molecule has 7 heteroatoms. The van der Waals surface area contributed by atoms with Gasteiger partial charge in [0.2, 0.25) is 5.78 Å². The fraction of sp³-hybridized carbons (Fsp3) is 0. The summed E-state index contributed by atoms with van der Waals surface area (Å²) in [4.78, 5) is 12.6. The minimum atomic E-state index is -3.98. The number of ketones is 1. The molecule has 0 aromatic heterocycles. The van der Waals surface area contributed by atoms with E-state index in [-0.39, 0.29) is 27.9 Å². The van der Waals surface area contributed by atoms with Crippen LogP contribution >= 0.6 is 11.6 Å². The van der Waals surface area contributed by atoms with Crippen molar-refractivity contribution in [1.29, 1.82) is 0 Å². The number of benzene rings is 3. The molecule has 0 fully saturated rings. The average Bonchev–Trinajstić information content (AvgIpc) is 2.99. The highest BCUT2D eigenvalue weighted by molar-refractivity contribution is 7.87. The first kappa shape index (κ1) is 18.3. The summed E-state index contributed by atoms with van der Waals surface area (Å²) >= 11 is 6.12. The van der Waals surface area contributed by atoms with E-state index < -0.39 is 10.1 Å². The number of carbonyl (C=O) groups excluding carboxylic acids is 1. The molecule has 3 aromatic carbocycles. The molecule has 0 N–H and O–H groups in total. The van der Waals surface area contributed by atoms with Crippen molar-refractivity contribution in [2.45, 2.75) is 4.90 Å². The summed E-state index contributed by atoms with van der Waals surface area (Å²) < 4.78 is 35.5. The Morgan fingerprint density at radius 3 is 2.39 bits per heavy atom. The predicted octanol–water partition coefficient (Wildman–Crippen LogP) is 4.72. The summed E-state index contributed by atoms with van der Waals surface area (Å²) in [6, 6.07) is 19.1. The van der Waals surface area contributed by atoms with Gasteiger partial charge in [-0.3, -0.25) is 4.79 Å². The molecule has 0 saturated heterocycles. The number of Topliss-reactive ketones (excluding diaryl/α,β-unsaturated/α-hetero) is 1. The average molecular weight is 413 g/mol. The maximum atomic E-state index is 12.5. The van der Waals surface area contributed by atoms with E-state index in [0.29, 0.717) is 16.1 Å². The van der Waals surface area contributed by atoms with E-state index >= 15 is 0 Å². The van der Waals surface area contributed by atoms with Crippen LogP contribution in [0.1, 0.15) is 15.9 Å². The minimum absolute atomic E-state index is 0.0341. The van der Waals surface area contributed by atoms with E-state index in [4.69, 9.17) is 20.5 Å². The molecule has 3 aromatic rings. The van der Waals surface area contributed by atoms with Gasteiger partial charge >= 0.3 is 10.1 Å². The molecule has 0 aliphatic carbocycles. The van der Waals surface area contributed by atoms with Crippen LogP contribution in [0.25, 0.3) is 6.08 Å². The van der Waals surface area contributed by atoms with Crippen LogP contribution in [0.5, 0.6) is 11.5 Å². The lowest BCUT2D eigenvalue weighted by atomic mass is 10.1. The van der Waals surface area contributed by atoms with Gasteiger partial charge in [0.05, 0.1) is 5.56 Å². The molecule has 0 bridgehead atoms. The van der Waals surface area contributed by atoms with E-state index in [9.17, 15) is 13.2 Å². The van der Waals surface area contributed by atoms with Crippen LogP contribution in [0.4, 0.5) is 0 Å². The highest BCUT2D eigenvalue weighted by Gasteiger charge is 2.28. The number of rotatable bonds is 4. The van der Waals surface area contributed by atoms with Crippen molar-refractivity contribution in [2.75, 3.05) is 0 Å². The standard InChI is InChI=1S/C21H13ClO5S/c22-18-9-5-4-6-14(18)12-20-21(23)17-11-10-15(13-19(17)26-20)27-28(24,25)16-7-2-1-3-8-16/h1-13H. The molecule has 0 amide bonds. The zero-order valence-electron chi connectivity index (χ0n) is 14.3. The number of hydrogen-bond acceptors (Lipinski definition) is 5. The van der Waals surface area contributed by atoms with E-state index in [1.807, 2.05) is 0 Å². The van der Waals surface area contributed by atoms with Gasteiger partial charge in [-0.15, -0.1) is 0 Å². The summed E-state index contributed by atoms with van der Waals surface area (Å²) in [6.45, 7) is 0. The smallest absolute Gasteiger partial charge is 0.339 e. The van der Waals surface area contributed by atoms with Gasteiger partial charge in [-0.2, -0.15) is 8.42 Å². The Bertz CT molecular complexity index is 1200. The highest BCUT2D eigenvalue weighted by atomic mass is 35.5. The zero-order chi connectivity index (χ0) is 19.7. The van der Waals surface area contributed by atoms with Crippen molar-refractivity contribution in [1.82, 2.24) is 0 Å². The monoisotopic (exact) mass is 412 g/mol. The molecule has 5 nitrogen and oxygen atoms in total. The van der Waals surface area contributed by atoms with Crippen LogP contribution < -0.4 is 8.92 Å². The summed E-state index contributed by atoms with van der Waals surface area (Å²) in [5.74, 6) is 0.0667. The zero-order valence-corrected chi connectivity index (χ0v) is 15.9. The van der Waals surface area contributed by atoms with E-state index in [0.717, 1.165) is 0 Å². The number of hydrogen-bond donors (Lipinski definition) is 0. The molecule has 1 aliphatic heterocycles. The first-order chi connectivity index (χ1) is 13.4. The molecule has 1 aliphatic rings. The molecule has 1 heterocycles. The van der Waals surface area contributed by atoms with Gasteiger partial charge in [0.25, 0.3) is 0 Å². The maximum Gasteiger partial charge on any atom is 0.339 e. The molecule has 0 spiro atoms. The van der Waals surface area contributed by atoms with Crippen LogP contribution in [0.3, 0.4) is 0 Å². The summed E-state index contributed by atoms with van der Waals surface area (Å²) in [6.07, 6.45) is 1.55. The normalized spacial score (nSPS) is 14.6. The summed E-state index contributed by atoms with van der Waals surface area (Å²) in [5, 5.41) is 0.486. The Morgan fingerprint density at radius 2 is 1.64 bits per heavy atom. The molecule has 0 unspecified atom stereocenters. The Morgan fingerprint density at radius 1 is 0.929 bits per heavy atom. The lowest BCUT2D eigenvalue weighted by molar-refractivity contribution is 0.101. The van der Waals surface area contributed by atoms with Gasteiger partial charge in [0.15, 0.2) is 5.76 Å². The van der Waals surface area contributed by atoms with Crippen LogP contribution in [0.15, 0.2) is 83.5 Å². The highest BCUT2D eigenvalue weighted by Crippen LogP contribution is 2.36. The molecule has 0 atom stereocenters. The Labute approximate surface area is 166 Å². The molecule has 0 saturated carbocycles. The van der Waals surface area contributed by atoms with Gasteiger partial charge < -0.3 is 8.92 Å². The summed E-state index contributed by atoms with van der Waals surface area (Å²) in [5.41, 5.74) is 0.964. The van der Waals surface area contributed by atoms with E-state index in [1.165, 1.54) is 30.3 Å². The first-order valence-corrected chi connectivity index (χ1v) is 10.0. The minimum Gasteiger partial charge on any atom is -0.452 e. The molecule has 140 valence electrons. The van der Waals surface area contributed by atoms with Gasteiger partial charge in [-0.25, -0.2) is 0 Å². The number of ether oxygens (including phenoxy) is 1. The third kappa shape index (κ3) is 3.52. The van der Waals surface area contributed by atoms with Gasteiger partial charge in [-0.05, 0) is 42.0 Å². The van der Waals surface area contributed by atoms with E-state index in [1.54, 1.807) is 48.5 Å². The molecule has 0 radical (unpaired) electrons. The SMILES string of the molecule is O=C1C(=Cc2ccccc2Cl)Oc2cc(OS(=O)(=O)c3ccccc3)ccc21. The van der Waals surface area contributed by atoms with E-state index in [2.05, 4.69) is 0 Å². The molecule has 28 heavy (non-hydrogen) atoms. The Hall–Kier alpha value is -3.09. The molecular weight excluding hydrogens is 400 g/mol. The second kappa shape index (κ2) is 7.14. The first-order valence-electron chi connectivity index (χ1n) is 8.26.